The summed E-state index contributed by atoms with van der Waals surface area (Å²) in [5.41, 5.74) is 3.55. The fourth-order valence-corrected chi connectivity index (χ4v) is 3.50. The fraction of sp³-hybridized carbons (Fsp3) is 0.500. The van der Waals surface area contributed by atoms with Crippen molar-refractivity contribution < 1.29 is 19.1 Å². The molecule has 7 nitrogen and oxygen atoms in total. The van der Waals surface area contributed by atoms with Crippen molar-refractivity contribution in [2.24, 2.45) is 0 Å². The van der Waals surface area contributed by atoms with Crippen LogP contribution in [0.1, 0.15) is 29.5 Å². The summed E-state index contributed by atoms with van der Waals surface area (Å²) in [6, 6.07) is 3.01. The number of imide groups is 1. The van der Waals surface area contributed by atoms with Crippen molar-refractivity contribution in [3.05, 3.63) is 28.8 Å². The Labute approximate surface area is 146 Å². The Morgan fingerprint density at radius 2 is 1.92 bits per heavy atom. The Bertz CT molecular complexity index is 731. The van der Waals surface area contributed by atoms with E-state index in [0.29, 0.717) is 6.54 Å². The van der Waals surface area contributed by atoms with Gasteiger partial charge in [-0.25, -0.2) is 4.79 Å². The molecule has 0 bridgehead atoms. The van der Waals surface area contributed by atoms with Gasteiger partial charge in [-0.05, 0) is 36.5 Å². The van der Waals surface area contributed by atoms with Gasteiger partial charge in [-0.1, -0.05) is 6.07 Å². The second-order valence-corrected chi connectivity index (χ2v) is 6.57. The molecular formula is C18H23N3O4. The Balaban J connectivity index is 1.63. The van der Waals surface area contributed by atoms with Gasteiger partial charge in [0.2, 0.25) is 5.91 Å². The third-order valence-electron chi connectivity index (χ3n) is 5.02. The highest BCUT2D eigenvalue weighted by atomic mass is 16.5. The van der Waals surface area contributed by atoms with E-state index in [0.717, 1.165) is 35.5 Å². The third-order valence-corrected chi connectivity index (χ3v) is 5.02. The Kier molecular flexibility index (Phi) is 4.65. The lowest BCUT2D eigenvalue weighted by atomic mass is 10.0. The van der Waals surface area contributed by atoms with E-state index in [4.69, 9.17) is 4.74 Å². The summed E-state index contributed by atoms with van der Waals surface area (Å²) < 4.78 is 5.43. The highest BCUT2D eigenvalue weighted by Gasteiger charge is 2.41. The Hall–Kier alpha value is -2.57. The number of aryl methyl sites for hydroxylation is 2. The van der Waals surface area contributed by atoms with Crippen LogP contribution in [-0.2, 0) is 29.0 Å². The largest absolute Gasteiger partial charge is 0.496 e. The lowest BCUT2D eigenvalue weighted by Crippen LogP contribution is -2.37. The summed E-state index contributed by atoms with van der Waals surface area (Å²) in [5, 5.41) is 2.83. The van der Waals surface area contributed by atoms with Crippen LogP contribution in [0.2, 0.25) is 0 Å². The molecule has 1 fully saturated rings. The van der Waals surface area contributed by atoms with Crippen molar-refractivity contribution in [1.82, 2.24) is 15.1 Å². The number of ether oxygens (including phenoxy) is 1. The molecule has 4 amide bonds. The average Bonchev–Trinajstić information content (AvgIpc) is 3.13. The van der Waals surface area contributed by atoms with Gasteiger partial charge in [0.1, 0.15) is 11.8 Å². The number of fused-ring (bicyclic) bond motifs is 1. The molecule has 1 atom stereocenters. The van der Waals surface area contributed by atoms with Crippen molar-refractivity contribution >= 4 is 17.8 Å². The standard InChI is InChI=1S/C18H23N3O4/c1-20-14(17(23)21(2)18(20)24)9-16(22)19-10-13-7-11-5-4-6-12(11)8-15(13)25-3/h7-8,14H,4-6,9-10H2,1-3H3,(H,19,22)/t14-/m0/s1. The number of benzene rings is 1. The number of amides is 4. The van der Waals surface area contributed by atoms with Crippen molar-refractivity contribution in [1.29, 1.82) is 0 Å². The number of likely N-dealkylation sites (N-methyl/N-ethyl adjacent to an activating group) is 2. The summed E-state index contributed by atoms with van der Waals surface area (Å²) in [6.07, 6.45) is 3.22. The van der Waals surface area contributed by atoms with Gasteiger partial charge in [0.25, 0.3) is 5.91 Å². The minimum atomic E-state index is -0.737. The van der Waals surface area contributed by atoms with Gasteiger partial charge in [-0.15, -0.1) is 0 Å². The molecule has 7 heteroatoms. The van der Waals surface area contributed by atoms with Crippen LogP contribution in [-0.4, -0.2) is 54.9 Å². The minimum absolute atomic E-state index is 0.0430. The van der Waals surface area contributed by atoms with Gasteiger partial charge in [0, 0.05) is 26.2 Å². The molecule has 25 heavy (non-hydrogen) atoms. The van der Waals surface area contributed by atoms with Gasteiger partial charge in [-0.2, -0.15) is 0 Å². The second kappa shape index (κ2) is 6.74. The first-order valence-electron chi connectivity index (χ1n) is 8.42. The quantitative estimate of drug-likeness (QED) is 0.810. The number of nitrogens with zero attached hydrogens (tertiary/aromatic N) is 2. The molecule has 134 valence electrons. The first kappa shape index (κ1) is 17.3. The zero-order valence-electron chi connectivity index (χ0n) is 14.8. The maximum Gasteiger partial charge on any atom is 0.326 e. The van der Waals surface area contributed by atoms with Crippen LogP contribution in [0.4, 0.5) is 4.79 Å². The molecule has 1 aromatic carbocycles. The highest BCUT2D eigenvalue weighted by Crippen LogP contribution is 2.29. The molecular weight excluding hydrogens is 322 g/mol. The summed E-state index contributed by atoms with van der Waals surface area (Å²) in [6.45, 7) is 0.337. The van der Waals surface area contributed by atoms with E-state index in [1.54, 1.807) is 7.11 Å². The molecule has 1 aliphatic carbocycles. The van der Waals surface area contributed by atoms with Crippen molar-refractivity contribution in [2.75, 3.05) is 21.2 Å². The number of urea groups is 1. The number of hydrogen-bond donors (Lipinski definition) is 1. The predicted octanol–water partition coefficient (Wildman–Crippen LogP) is 1.08. The van der Waals surface area contributed by atoms with Crippen LogP contribution in [0.15, 0.2) is 12.1 Å². The molecule has 1 aliphatic heterocycles. The number of hydrogen-bond acceptors (Lipinski definition) is 4. The molecule has 1 N–H and O–H groups in total. The highest BCUT2D eigenvalue weighted by molar-refractivity contribution is 6.05. The maximum atomic E-state index is 12.2. The van der Waals surface area contributed by atoms with E-state index in [1.165, 1.54) is 30.1 Å². The van der Waals surface area contributed by atoms with E-state index in [9.17, 15) is 14.4 Å². The van der Waals surface area contributed by atoms with Gasteiger partial charge >= 0.3 is 6.03 Å². The summed E-state index contributed by atoms with van der Waals surface area (Å²) in [4.78, 5) is 38.4. The molecule has 1 saturated heterocycles. The van der Waals surface area contributed by atoms with E-state index < -0.39 is 6.04 Å². The third kappa shape index (κ3) is 3.18. The van der Waals surface area contributed by atoms with Crippen LogP contribution in [0.5, 0.6) is 5.75 Å². The zero-order chi connectivity index (χ0) is 18.1. The number of nitrogens with one attached hydrogen (secondary N) is 1. The van der Waals surface area contributed by atoms with Crippen molar-refractivity contribution in [3.63, 3.8) is 0 Å². The average molecular weight is 345 g/mol. The smallest absolute Gasteiger partial charge is 0.326 e. The van der Waals surface area contributed by atoms with Gasteiger partial charge in [0.05, 0.1) is 13.5 Å². The van der Waals surface area contributed by atoms with Gasteiger partial charge < -0.3 is 15.0 Å². The van der Waals surface area contributed by atoms with Crippen molar-refractivity contribution in [3.8, 4) is 5.75 Å². The molecule has 0 aromatic heterocycles. The van der Waals surface area contributed by atoms with Crippen LogP contribution in [0, 0.1) is 0 Å². The van der Waals surface area contributed by atoms with Crippen LogP contribution >= 0.6 is 0 Å². The number of carbonyl (C=O) groups excluding carboxylic acids is 3. The normalized spacial score (nSPS) is 19.4. The minimum Gasteiger partial charge on any atom is -0.496 e. The number of rotatable bonds is 5. The Morgan fingerprint density at radius 3 is 2.52 bits per heavy atom. The lowest BCUT2D eigenvalue weighted by molar-refractivity contribution is -0.131. The maximum absolute atomic E-state index is 12.2. The first-order valence-corrected chi connectivity index (χ1v) is 8.42. The predicted molar refractivity (Wildman–Crippen MR) is 91.2 cm³/mol. The molecule has 0 saturated carbocycles. The molecule has 0 spiro atoms. The molecule has 0 radical (unpaired) electrons. The molecule has 3 rings (SSSR count). The summed E-state index contributed by atoms with van der Waals surface area (Å²) >= 11 is 0. The van der Waals surface area contributed by atoms with Gasteiger partial charge in [-0.3, -0.25) is 14.5 Å². The second-order valence-electron chi connectivity index (χ2n) is 6.57. The van der Waals surface area contributed by atoms with Crippen LogP contribution in [0.25, 0.3) is 0 Å². The van der Waals surface area contributed by atoms with E-state index in [2.05, 4.69) is 11.4 Å². The van der Waals surface area contributed by atoms with E-state index in [-0.39, 0.29) is 24.3 Å². The van der Waals surface area contributed by atoms with Crippen LogP contribution in [0.3, 0.4) is 0 Å². The van der Waals surface area contributed by atoms with Crippen molar-refractivity contribution in [2.45, 2.75) is 38.3 Å². The number of carbonyl (C=O) groups is 3. The Morgan fingerprint density at radius 1 is 1.24 bits per heavy atom. The monoisotopic (exact) mass is 345 g/mol. The molecule has 1 aromatic rings. The molecule has 0 unspecified atom stereocenters. The first-order chi connectivity index (χ1) is 11.9. The summed E-state index contributed by atoms with van der Waals surface area (Å²) in [7, 11) is 4.58. The topological polar surface area (TPSA) is 79.0 Å². The van der Waals surface area contributed by atoms with Crippen LogP contribution < -0.4 is 10.1 Å². The zero-order valence-corrected chi connectivity index (χ0v) is 14.8. The van der Waals surface area contributed by atoms with E-state index in [1.807, 2.05) is 6.07 Å². The molecule has 1 heterocycles. The van der Waals surface area contributed by atoms with E-state index >= 15 is 0 Å². The SMILES string of the molecule is COc1cc2c(cc1CNC(=O)C[C@H]1C(=O)N(C)C(=O)N1C)CCC2. The molecule has 2 aliphatic rings. The summed E-state index contributed by atoms with van der Waals surface area (Å²) in [5.74, 6) is 0.151. The van der Waals surface area contributed by atoms with Gasteiger partial charge in [0.15, 0.2) is 0 Å². The number of methoxy groups -OCH3 is 1. The lowest BCUT2D eigenvalue weighted by Gasteiger charge is -2.16. The fourth-order valence-electron chi connectivity index (χ4n) is 3.50.